The van der Waals surface area contributed by atoms with E-state index in [0.29, 0.717) is 19.4 Å². The van der Waals surface area contributed by atoms with Crippen LogP contribution in [0.1, 0.15) is 31.4 Å². The van der Waals surface area contributed by atoms with Crippen molar-refractivity contribution in [2.75, 3.05) is 6.54 Å². The van der Waals surface area contributed by atoms with Crippen molar-refractivity contribution in [2.24, 2.45) is 5.73 Å². The minimum absolute atomic E-state index is 0.0565. The zero-order chi connectivity index (χ0) is 12.8. The monoisotopic (exact) mass is 258 g/mol. The van der Waals surface area contributed by atoms with Gasteiger partial charge in [0.1, 0.15) is 5.82 Å². The summed E-state index contributed by atoms with van der Waals surface area (Å²) < 4.78 is 13.0. The molecule has 0 aliphatic heterocycles. The fraction of sp³-hybridized carbons (Fsp3) is 0.417. The van der Waals surface area contributed by atoms with E-state index in [9.17, 15) is 9.18 Å². The van der Waals surface area contributed by atoms with E-state index in [1.807, 2.05) is 6.92 Å². The summed E-state index contributed by atoms with van der Waals surface area (Å²) in [4.78, 5) is 10.5. The third-order valence-corrected chi connectivity index (χ3v) is 2.78. The third-order valence-electron chi connectivity index (χ3n) is 2.49. The molecule has 0 heterocycles. The molecule has 3 nitrogen and oxygen atoms in total. The molecule has 1 rings (SSSR count). The van der Waals surface area contributed by atoms with Crippen molar-refractivity contribution >= 4 is 17.5 Å². The van der Waals surface area contributed by atoms with Crippen LogP contribution in [0.25, 0.3) is 0 Å². The molecule has 1 aromatic rings. The normalized spacial score (nSPS) is 12.4. The van der Waals surface area contributed by atoms with Gasteiger partial charge >= 0.3 is 0 Å². The molecule has 0 fully saturated rings. The van der Waals surface area contributed by atoms with Gasteiger partial charge in [0.05, 0.1) is 5.02 Å². The van der Waals surface area contributed by atoms with Gasteiger partial charge in [0.15, 0.2) is 0 Å². The number of benzene rings is 1. The van der Waals surface area contributed by atoms with Crippen LogP contribution in [0.3, 0.4) is 0 Å². The number of rotatable bonds is 6. The van der Waals surface area contributed by atoms with Gasteiger partial charge in [0.25, 0.3) is 0 Å². The summed E-state index contributed by atoms with van der Waals surface area (Å²) in [6.07, 6.45) is 1.05. The Hall–Kier alpha value is -1.13. The number of carbonyl (C=O) groups excluding carboxylic acids is 1. The summed E-state index contributed by atoms with van der Waals surface area (Å²) in [6.45, 7) is 2.63. The molecule has 1 unspecified atom stereocenters. The number of amides is 1. The predicted octanol–water partition coefficient (Wildman–Crippen LogP) is 2.40. The van der Waals surface area contributed by atoms with Gasteiger partial charge in [-0.05, 0) is 37.6 Å². The Labute approximate surface area is 105 Å². The van der Waals surface area contributed by atoms with Crippen molar-refractivity contribution in [1.29, 1.82) is 0 Å². The number of primary amides is 1. The maximum absolute atomic E-state index is 13.0. The van der Waals surface area contributed by atoms with Crippen LogP contribution in [0.2, 0.25) is 5.02 Å². The molecule has 1 aromatic carbocycles. The maximum atomic E-state index is 13.0. The number of nitrogens with two attached hydrogens (primary N) is 1. The van der Waals surface area contributed by atoms with Crippen LogP contribution in [0.5, 0.6) is 0 Å². The predicted molar refractivity (Wildman–Crippen MR) is 66.3 cm³/mol. The van der Waals surface area contributed by atoms with Gasteiger partial charge in [-0.15, -0.1) is 0 Å². The summed E-state index contributed by atoms with van der Waals surface area (Å²) in [5, 5.41) is 3.33. The summed E-state index contributed by atoms with van der Waals surface area (Å²) >= 11 is 5.70. The van der Waals surface area contributed by atoms with Gasteiger partial charge < -0.3 is 11.1 Å². The van der Waals surface area contributed by atoms with Gasteiger partial charge in [-0.1, -0.05) is 17.7 Å². The first-order valence-corrected chi connectivity index (χ1v) is 5.85. The molecule has 0 aliphatic rings. The van der Waals surface area contributed by atoms with Crippen molar-refractivity contribution in [2.45, 2.75) is 25.8 Å². The molecular weight excluding hydrogens is 243 g/mol. The zero-order valence-corrected chi connectivity index (χ0v) is 10.4. The van der Waals surface area contributed by atoms with E-state index < -0.39 is 5.82 Å². The molecule has 3 N–H and O–H groups in total. The van der Waals surface area contributed by atoms with Crippen LogP contribution in [-0.2, 0) is 4.79 Å². The SMILES string of the molecule is CC(NCCCC(N)=O)c1ccc(F)c(Cl)c1. The second kappa shape index (κ2) is 6.57. The maximum Gasteiger partial charge on any atom is 0.217 e. The summed E-state index contributed by atoms with van der Waals surface area (Å²) in [5.74, 6) is -0.722. The molecule has 0 aliphatic carbocycles. The van der Waals surface area contributed by atoms with Crippen molar-refractivity contribution in [3.05, 3.63) is 34.6 Å². The highest BCUT2D eigenvalue weighted by Crippen LogP contribution is 2.20. The van der Waals surface area contributed by atoms with Crippen LogP contribution < -0.4 is 11.1 Å². The van der Waals surface area contributed by atoms with Crippen LogP contribution >= 0.6 is 11.6 Å². The third kappa shape index (κ3) is 4.71. The lowest BCUT2D eigenvalue weighted by molar-refractivity contribution is -0.118. The second-order valence-corrected chi connectivity index (χ2v) is 4.33. The Morgan fingerprint density at radius 2 is 2.29 bits per heavy atom. The molecule has 0 saturated carbocycles. The van der Waals surface area contributed by atoms with Crippen LogP contribution in [0, 0.1) is 5.82 Å². The van der Waals surface area contributed by atoms with E-state index in [2.05, 4.69) is 5.32 Å². The smallest absolute Gasteiger partial charge is 0.217 e. The Bertz CT molecular complexity index is 398. The molecule has 94 valence electrons. The molecule has 1 atom stereocenters. The van der Waals surface area contributed by atoms with Crippen molar-refractivity contribution in [1.82, 2.24) is 5.32 Å². The van der Waals surface area contributed by atoms with Crippen molar-refractivity contribution in [3.63, 3.8) is 0 Å². The minimum Gasteiger partial charge on any atom is -0.370 e. The Morgan fingerprint density at radius 3 is 2.88 bits per heavy atom. The first kappa shape index (κ1) is 13.9. The lowest BCUT2D eigenvalue weighted by Gasteiger charge is -2.14. The molecule has 0 aromatic heterocycles. The van der Waals surface area contributed by atoms with E-state index in [4.69, 9.17) is 17.3 Å². The second-order valence-electron chi connectivity index (χ2n) is 3.92. The molecule has 1 amide bonds. The Balaban J connectivity index is 2.44. The number of nitrogens with one attached hydrogen (secondary N) is 1. The zero-order valence-electron chi connectivity index (χ0n) is 9.67. The minimum atomic E-state index is -0.420. The fourth-order valence-corrected chi connectivity index (χ4v) is 1.67. The van der Waals surface area contributed by atoms with Gasteiger partial charge in [-0.3, -0.25) is 4.79 Å². The van der Waals surface area contributed by atoms with Gasteiger partial charge in [0, 0.05) is 12.5 Å². The first-order chi connectivity index (χ1) is 8.00. The van der Waals surface area contributed by atoms with Crippen LogP contribution in [-0.4, -0.2) is 12.5 Å². The average Bonchev–Trinajstić information content (AvgIpc) is 2.27. The molecular formula is C12H16ClFN2O. The highest BCUT2D eigenvalue weighted by molar-refractivity contribution is 6.30. The van der Waals surface area contributed by atoms with Crippen LogP contribution in [0.4, 0.5) is 4.39 Å². The van der Waals surface area contributed by atoms with Crippen LogP contribution in [0.15, 0.2) is 18.2 Å². The van der Waals surface area contributed by atoms with Crippen molar-refractivity contribution in [3.8, 4) is 0 Å². The van der Waals surface area contributed by atoms with E-state index in [-0.39, 0.29) is 17.0 Å². The number of hydrogen-bond acceptors (Lipinski definition) is 2. The van der Waals surface area contributed by atoms with E-state index in [0.717, 1.165) is 5.56 Å². The Kier molecular flexibility index (Phi) is 5.38. The number of hydrogen-bond donors (Lipinski definition) is 2. The number of halogens is 2. The molecule has 17 heavy (non-hydrogen) atoms. The van der Waals surface area contributed by atoms with Gasteiger partial charge in [-0.2, -0.15) is 0 Å². The topological polar surface area (TPSA) is 55.1 Å². The summed E-state index contributed by atoms with van der Waals surface area (Å²) in [7, 11) is 0. The number of carbonyl (C=O) groups is 1. The molecule has 0 saturated heterocycles. The fourth-order valence-electron chi connectivity index (χ4n) is 1.48. The van der Waals surface area contributed by atoms with Gasteiger partial charge in [-0.25, -0.2) is 4.39 Å². The molecule has 0 spiro atoms. The lowest BCUT2D eigenvalue weighted by atomic mass is 10.1. The van der Waals surface area contributed by atoms with E-state index in [1.165, 1.54) is 6.07 Å². The highest BCUT2D eigenvalue weighted by atomic mass is 35.5. The first-order valence-electron chi connectivity index (χ1n) is 5.47. The van der Waals surface area contributed by atoms with E-state index in [1.54, 1.807) is 12.1 Å². The lowest BCUT2D eigenvalue weighted by Crippen LogP contribution is -2.21. The average molecular weight is 259 g/mol. The van der Waals surface area contributed by atoms with Gasteiger partial charge in [0.2, 0.25) is 5.91 Å². The molecule has 0 radical (unpaired) electrons. The molecule has 5 heteroatoms. The Morgan fingerprint density at radius 1 is 1.59 bits per heavy atom. The highest BCUT2D eigenvalue weighted by Gasteiger charge is 2.07. The largest absolute Gasteiger partial charge is 0.370 e. The van der Waals surface area contributed by atoms with Crippen molar-refractivity contribution < 1.29 is 9.18 Å². The molecule has 0 bridgehead atoms. The summed E-state index contributed by atoms with van der Waals surface area (Å²) in [5.41, 5.74) is 5.94. The van der Waals surface area contributed by atoms with E-state index >= 15 is 0 Å². The quantitative estimate of drug-likeness (QED) is 0.770. The summed E-state index contributed by atoms with van der Waals surface area (Å²) in [6, 6.07) is 4.69. The standard InChI is InChI=1S/C12H16ClFN2O/c1-8(16-6-2-3-12(15)17)9-4-5-11(14)10(13)7-9/h4-5,7-8,16H,2-3,6H2,1H3,(H2,15,17).